The largest absolute Gasteiger partial charge is 0.278 e. The van der Waals surface area contributed by atoms with Gasteiger partial charge in [0.05, 0.1) is 5.69 Å². The Bertz CT molecular complexity index is 547. The van der Waals surface area contributed by atoms with Gasteiger partial charge in [-0.25, -0.2) is 0 Å². The fourth-order valence-corrected chi connectivity index (χ4v) is 1.62. The van der Waals surface area contributed by atoms with Gasteiger partial charge in [0, 0.05) is 11.2 Å². The van der Waals surface area contributed by atoms with Crippen LogP contribution >= 0.6 is 11.6 Å². The van der Waals surface area contributed by atoms with Crippen LogP contribution in [0.1, 0.15) is 5.56 Å². The molecule has 0 bridgehead atoms. The van der Waals surface area contributed by atoms with Crippen molar-refractivity contribution in [1.82, 2.24) is 0 Å². The summed E-state index contributed by atoms with van der Waals surface area (Å²) in [7, 11) is 0. The van der Waals surface area contributed by atoms with Crippen molar-refractivity contribution in [3.8, 4) is 0 Å². The number of nitrogens with zero attached hydrogens (tertiary/aromatic N) is 1. The lowest BCUT2D eigenvalue weighted by atomic mass is 10.2. The Balaban J connectivity index is 1.87. The minimum Gasteiger partial charge on any atom is -0.278 e. The lowest BCUT2D eigenvalue weighted by Crippen LogP contribution is -1.87. The van der Waals surface area contributed by atoms with Gasteiger partial charge in [0.25, 0.3) is 0 Å². The van der Waals surface area contributed by atoms with E-state index in [0.29, 0.717) is 5.02 Å². The fraction of sp³-hybridized carbons (Fsp3) is 0. The van der Waals surface area contributed by atoms with Crippen LogP contribution in [0.15, 0.2) is 65.8 Å². The maximum absolute atomic E-state index is 5.86. The lowest BCUT2D eigenvalue weighted by Gasteiger charge is -1.98. The topological polar surface area (TPSA) is 24.4 Å². The summed E-state index contributed by atoms with van der Waals surface area (Å²) in [4.78, 5) is 0. The standard InChI is InChI=1S/C15H13ClN2/c16-14-9-4-10-15(12-14)18-17-11-5-8-13-6-2-1-3-7-13/h1-12,18H/b8-5+,17-11?. The molecule has 0 aliphatic carbocycles. The minimum absolute atomic E-state index is 0.690. The SMILES string of the molecule is Clc1cccc(NN=C/C=C/c2ccccc2)c1. The van der Waals surface area contributed by atoms with Crippen molar-refractivity contribution >= 4 is 29.6 Å². The fourth-order valence-electron chi connectivity index (χ4n) is 1.43. The van der Waals surface area contributed by atoms with E-state index in [1.807, 2.05) is 66.7 Å². The molecular formula is C15H13ClN2. The Labute approximate surface area is 112 Å². The first-order valence-electron chi connectivity index (χ1n) is 5.61. The highest BCUT2D eigenvalue weighted by Crippen LogP contribution is 2.14. The summed E-state index contributed by atoms with van der Waals surface area (Å²) in [6.07, 6.45) is 5.57. The van der Waals surface area contributed by atoms with Crippen molar-refractivity contribution in [1.29, 1.82) is 0 Å². The third-order valence-corrected chi connectivity index (χ3v) is 2.50. The summed E-state index contributed by atoms with van der Waals surface area (Å²) in [5, 5.41) is 4.77. The molecule has 3 heteroatoms. The van der Waals surface area contributed by atoms with Gasteiger partial charge in [0.15, 0.2) is 0 Å². The maximum atomic E-state index is 5.86. The van der Waals surface area contributed by atoms with Crippen molar-refractivity contribution in [3.05, 3.63) is 71.3 Å². The number of anilines is 1. The average molecular weight is 257 g/mol. The van der Waals surface area contributed by atoms with E-state index in [0.717, 1.165) is 11.3 Å². The Morgan fingerprint density at radius 3 is 2.61 bits per heavy atom. The molecular weight excluding hydrogens is 244 g/mol. The predicted octanol–water partition coefficient (Wildman–Crippen LogP) is 4.45. The molecule has 0 fully saturated rings. The molecule has 90 valence electrons. The number of hydrazone groups is 1. The molecule has 1 N–H and O–H groups in total. The summed E-state index contributed by atoms with van der Waals surface area (Å²) in [5.74, 6) is 0. The van der Waals surface area contributed by atoms with Crippen LogP contribution in [0, 0.1) is 0 Å². The van der Waals surface area contributed by atoms with Gasteiger partial charge in [0.2, 0.25) is 0 Å². The van der Waals surface area contributed by atoms with E-state index >= 15 is 0 Å². The summed E-state index contributed by atoms with van der Waals surface area (Å²) in [6.45, 7) is 0. The first-order chi connectivity index (χ1) is 8.84. The van der Waals surface area contributed by atoms with Crippen LogP contribution in [0.2, 0.25) is 5.02 Å². The first-order valence-corrected chi connectivity index (χ1v) is 5.99. The van der Waals surface area contributed by atoms with E-state index < -0.39 is 0 Å². The van der Waals surface area contributed by atoms with Gasteiger partial charge < -0.3 is 0 Å². The van der Waals surface area contributed by atoms with E-state index in [9.17, 15) is 0 Å². The van der Waals surface area contributed by atoms with Crippen molar-refractivity contribution in [3.63, 3.8) is 0 Å². The quantitative estimate of drug-likeness (QED) is 0.634. The third kappa shape index (κ3) is 4.07. The molecule has 0 aromatic heterocycles. The molecule has 0 spiro atoms. The van der Waals surface area contributed by atoms with Crippen LogP contribution in [-0.4, -0.2) is 6.21 Å². The van der Waals surface area contributed by atoms with Gasteiger partial charge in [-0.1, -0.05) is 54.1 Å². The minimum atomic E-state index is 0.690. The smallest absolute Gasteiger partial charge is 0.0576 e. The zero-order valence-electron chi connectivity index (χ0n) is 9.75. The molecule has 0 atom stereocenters. The first kappa shape index (κ1) is 12.4. The molecule has 2 aromatic rings. The van der Waals surface area contributed by atoms with E-state index in [-0.39, 0.29) is 0 Å². The second-order valence-electron chi connectivity index (χ2n) is 3.67. The number of allylic oxidation sites excluding steroid dienone is 1. The number of benzene rings is 2. The van der Waals surface area contributed by atoms with Crippen LogP contribution in [0.25, 0.3) is 6.08 Å². The Morgan fingerprint density at radius 2 is 1.83 bits per heavy atom. The van der Waals surface area contributed by atoms with Gasteiger partial charge in [-0.05, 0) is 29.8 Å². The molecule has 0 saturated heterocycles. The highest BCUT2D eigenvalue weighted by Gasteiger charge is 1.89. The monoisotopic (exact) mass is 256 g/mol. The van der Waals surface area contributed by atoms with Gasteiger partial charge in [-0.3, -0.25) is 5.43 Å². The Kier molecular flexibility index (Phi) is 4.56. The second kappa shape index (κ2) is 6.62. The molecule has 0 unspecified atom stereocenters. The number of hydrogen-bond acceptors (Lipinski definition) is 2. The molecule has 2 nitrogen and oxygen atoms in total. The molecule has 2 rings (SSSR count). The zero-order valence-corrected chi connectivity index (χ0v) is 10.5. The van der Waals surface area contributed by atoms with E-state index in [1.165, 1.54) is 0 Å². The average Bonchev–Trinajstić information content (AvgIpc) is 2.40. The van der Waals surface area contributed by atoms with Gasteiger partial charge in [-0.15, -0.1) is 0 Å². The van der Waals surface area contributed by atoms with Crippen molar-refractivity contribution in [2.75, 3.05) is 5.43 Å². The summed E-state index contributed by atoms with van der Waals surface area (Å²) in [5.41, 5.74) is 4.92. The molecule has 0 saturated carbocycles. The second-order valence-corrected chi connectivity index (χ2v) is 4.11. The van der Waals surface area contributed by atoms with Crippen molar-refractivity contribution < 1.29 is 0 Å². The highest BCUT2D eigenvalue weighted by molar-refractivity contribution is 6.30. The number of halogens is 1. The molecule has 0 aliphatic heterocycles. The molecule has 2 aromatic carbocycles. The van der Waals surface area contributed by atoms with Crippen molar-refractivity contribution in [2.24, 2.45) is 5.10 Å². The van der Waals surface area contributed by atoms with Crippen LogP contribution in [0.5, 0.6) is 0 Å². The number of nitrogens with one attached hydrogen (secondary N) is 1. The van der Waals surface area contributed by atoms with Crippen LogP contribution in [0.3, 0.4) is 0 Å². The molecule has 0 radical (unpaired) electrons. The number of rotatable bonds is 4. The van der Waals surface area contributed by atoms with E-state index in [1.54, 1.807) is 6.21 Å². The zero-order chi connectivity index (χ0) is 12.6. The molecule has 18 heavy (non-hydrogen) atoms. The van der Waals surface area contributed by atoms with E-state index in [2.05, 4.69) is 10.5 Å². The molecule has 0 aliphatic rings. The summed E-state index contributed by atoms with van der Waals surface area (Å²) >= 11 is 5.86. The van der Waals surface area contributed by atoms with Gasteiger partial charge in [0.1, 0.15) is 0 Å². The van der Waals surface area contributed by atoms with Crippen LogP contribution in [0.4, 0.5) is 5.69 Å². The van der Waals surface area contributed by atoms with E-state index in [4.69, 9.17) is 11.6 Å². The highest BCUT2D eigenvalue weighted by atomic mass is 35.5. The van der Waals surface area contributed by atoms with Gasteiger partial charge >= 0.3 is 0 Å². The Morgan fingerprint density at radius 1 is 1.00 bits per heavy atom. The van der Waals surface area contributed by atoms with Gasteiger partial charge in [-0.2, -0.15) is 5.10 Å². The number of hydrogen-bond donors (Lipinski definition) is 1. The summed E-state index contributed by atoms with van der Waals surface area (Å²) in [6, 6.07) is 17.5. The lowest BCUT2D eigenvalue weighted by molar-refractivity contribution is 1.36. The third-order valence-electron chi connectivity index (χ3n) is 2.27. The van der Waals surface area contributed by atoms with Crippen LogP contribution in [-0.2, 0) is 0 Å². The Hall–Kier alpha value is -2.06. The normalized spacial score (nSPS) is 11.2. The molecule has 0 heterocycles. The van der Waals surface area contributed by atoms with Crippen molar-refractivity contribution in [2.45, 2.75) is 0 Å². The maximum Gasteiger partial charge on any atom is 0.0576 e. The van der Waals surface area contributed by atoms with Crippen LogP contribution < -0.4 is 5.43 Å². The summed E-state index contributed by atoms with van der Waals surface area (Å²) < 4.78 is 0. The molecule has 0 amide bonds. The predicted molar refractivity (Wildman–Crippen MR) is 79.0 cm³/mol.